The molecule has 1 aliphatic heterocycles. The molecule has 1 saturated carbocycles. The molecule has 4 nitrogen and oxygen atoms in total. The van der Waals surface area contributed by atoms with E-state index in [1.165, 1.54) is 48.8 Å². The van der Waals surface area contributed by atoms with Crippen LogP contribution in [0.2, 0.25) is 0 Å². The van der Waals surface area contributed by atoms with E-state index in [9.17, 15) is 0 Å². The van der Waals surface area contributed by atoms with E-state index >= 15 is 0 Å². The second-order valence-electron chi connectivity index (χ2n) is 11.6. The van der Waals surface area contributed by atoms with Crippen molar-refractivity contribution >= 4 is 17.5 Å². The zero-order valence-electron chi connectivity index (χ0n) is 24.0. The molecule has 0 bridgehead atoms. The van der Waals surface area contributed by atoms with Crippen molar-refractivity contribution in [3.63, 3.8) is 0 Å². The van der Waals surface area contributed by atoms with Gasteiger partial charge < -0.3 is 0 Å². The van der Waals surface area contributed by atoms with E-state index in [1.54, 1.807) is 0 Å². The van der Waals surface area contributed by atoms with Gasteiger partial charge in [-0.3, -0.25) is 4.99 Å². The molecule has 0 saturated heterocycles. The standard InChI is InChI=1S/C38H36N4/c1-4-12-29(13-5-1)35-40-36(30-14-6-2-7-15-30)42-37(41-35)31-19-23-33(24-20-31)38(25-9-3-10-26-38)32-21-17-28(18-22-32)34-16-8-11-27-39-34/h1,4-6,12-24,27H,2-3,7-11,25-26H2. The number of hydrogen-bond acceptors (Lipinski definition) is 4. The highest BCUT2D eigenvalue weighted by molar-refractivity contribution is 5.76. The lowest BCUT2D eigenvalue weighted by Gasteiger charge is -2.39. The molecule has 0 N–H and O–H groups in total. The van der Waals surface area contributed by atoms with Crippen LogP contribution in [0.15, 0.2) is 108 Å². The Morgan fingerprint density at radius 3 is 1.76 bits per heavy atom. The summed E-state index contributed by atoms with van der Waals surface area (Å²) in [6.45, 7) is 0. The molecule has 1 aromatic heterocycles. The molecule has 1 fully saturated rings. The van der Waals surface area contributed by atoms with Gasteiger partial charge in [0.25, 0.3) is 0 Å². The van der Waals surface area contributed by atoms with Gasteiger partial charge in [-0.2, -0.15) is 0 Å². The van der Waals surface area contributed by atoms with Gasteiger partial charge in [-0.1, -0.05) is 122 Å². The molecule has 2 heterocycles. The number of allylic oxidation sites excluding steroid dienone is 5. The van der Waals surface area contributed by atoms with Crippen LogP contribution in [-0.2, 0) is 5.41 Å². The molecule has 0 atom stereocenters. The van der Waals surface area contributed by atoms with Crippen molar-refractivity contribution in [1.82, 2.24) is 15.0 Å². The lowest BCUT2D eigenvalue weighted by atomic mass is 9.65. The Morgan fingerprint density at radius 1 is 0.524 bits per heavy atom. The van der Waals surface area contributed by atoms with Crippen LogP contribution < -0.4 is 0 Å². The van der Waals surface area contributed by atoms with E-state index in [0.29, 0.717) is 11.6 Å². The van der Waals surface area contributed by atoms with Crippen LogP contribution in [0.1, 0.15) is 80.3 Å². The predicted molar refractivity (Wildman–Crippen MR) is 173 cm³/mol. The molecule has 42 heavy (non-hydrogen) atoms. The number of rotatable bonds is 6. The molecule has 4 heteroatoms. The third-order valence-corrected chi connectivity index (χ3v) is 8.92. The molecule has 2 aliphatic carbocycles. The first-order valence-electron chi connectivity index (χ1n) is 15.4. The van der Waals surface area contributed by atoms with Crippen molar-refractivity contribution in [3.05, 3.63) is 126 Å². The average molecular weight is 549 g/mol. The van der Waals surface area contributed by atoms with Crippen LogP contribution in [0.3, 0.4) is 0 Å². The van der Waals surface area contributed by atoms with Crippen molar-refractivity contribution in [3.8, 4) is 22.8 Å². The van der Waals surface area contributed by atoms with Crippen molar-refractivity contribution in [2.45, 2.75) is 63.2 Å². The second kappa shape index (κ2) is 11.8. The Labute approximate surface area is 248 Å². The minimum Gasteiger partial charge on any atom is -0.261 e. The van der Waals surface area contributed by atoms with Gasteiger partial charge in [0, 0.05) is 28.3 Å². The fourth-order valence-corrected chi connectivity index (χ4v) is 6.63. The molecule has 7 rings (SSSR count). The Balaban J connectivity index is 1.25. The Morgan fingerprint density at radius 2 is 1.14 bits per heavy atom. The van der Waals surface area contributed by atoms with Crippen LogP contribution in [0.4, 0.5) is 0 Å². The fraction of sp³-hybridized carbons (Fsp3) is 0.263. The molecule has 0 spiro atoms. The molecule has 3 aromatic carbocycles. The smallest absolute Gasteiger partial charge is 0.164 e. The normalized spacial score (nSPS) is 17.9. The summed E-state index contributed by atoms with van der Waals surface area (Å²) in [5, 5.41) is 0. The maximum Gasteiger partial charge on any atom is 0.164 e. The van der Waals surface area contributed by atoms with Crippen LogP contribution in [0.25, 0.3) is 34.0 Å². The van der Waals surface area contributed by atoms with Gasteiger partial charge in [0.05, 0.1) is 5.70 Å². The summed E-state index contributed by atoms with van der Waals surface area (Å²) in [5.41, 5.74) is 8.20. The Kier molecular flexibility index (Phi) is 7.44. The van der Waals surface area contributed by atoms with Gasteiger partial charge in [0.2, 0.25) is 0 Å². The van der Waals surface area contributed by atoms with E-state index in [1.807, 2.05) is 24.4 Å². The monoisotopic (exact) mass is 548 g/mol. The minimum absolute atomic E-state index is 0.0245. The van der Waals surface area contributed by atoms with Crippen molar-refractivity contribution < 1.29 is 0 Å². The summed E-state index contributed by atoms with van der Waals surface area (Å²) in [5.74, 6) is 2.16. The van der Waals surface area contributed by atoms with Crippen LogP contribution in [-0.4, -0.2) is 21.2 Å². The summed E-state index contributed by atoms with van der Waals surface area (Å²) < 4.78 is 0. The molecular weight excluding hydrogens is 512 g/mol. The molecule has 3 aliphatic rings. The van der Waals surface area contributed by atoms with Gasteiger partial charge in [0.15, 0.2) is 17.5 Å². The summed E-state index contributed by atoms with van der Waals surface area (Å²) in [4.78, 5) is 19.4. The van der Waals surface area contributed by atoms with Crippen molar-refractivity contribution in [2.75, 3.05) is 0 Å². The molecule has 208 valence electrons. The predicted octanol–water partition coefficient (Wildman–Crippen LogP) is 9.39. The third-order valence-electron chi connectivity index (χ3n) is 8.92. The van der Waals surface area contributed by atoms with Crippen LogP contribution in [0.5, 0.6) is 0 Å². The topological polar surface area (TPSA) is 51.0 Å². The summed E-state index contributed by atoms with van der Waals surface area (Å²) in [6, 6.07) is 28.5. The number of aromatic nitrogens is 3. The van der Waals surface area contributed by atoms with E-state index in [2.05, 4.69) is 90.0 Å². The Hall–Kier alpha value is -4.44. The number of hydrogen-bond donors (Lipinski definition) is 0. The zero-order valence-corrected chi connectivity index (χ0v) is 24.0. The first kappa shape index (κ1) is 26.5. The lowest BCUT2D eigenvalue weighted by Crippen LogP contribution is -2.30. The van der Waals surface area contributed by atoms with E-state index in [-0.39, 0.29) is 5.41 Å². The first-order valence-corrected chi connectivity index (χ1v) is 15.4. The number of benzene rings is 3. The minimum atomic E-state index is 0.0245. The van der Waals surface area contributed by atoms with E-state index < -0.39 is 0 Å². The quantitative estimate of drug-likeness (QED) is 0.241. The molecule has 0 unspecified atom stereocenters. The van der Waals surface area contributed by atoms with E-state index in [4.69, 9.17) is 15.0 Å². The molecule has 4 aromatic rings. The van der Waals surface area contributed by atoms with Crippen molar-refractivity contribution in [2.24, 2.45) is 4.99 Å². The van der Waals surface area contributed by atoms with Crippen LogP contribution >= 0.6 is 0 Å². The summed E-state index contributed by atoms with van der Waals surface area (Å²) in [6.07, 6.45) is 21.2. The van der Waals surface area contributed by atoms with Crippen LogP contribution in [0, 0.1) is 0 Å². The van der Waals surface area contributed by atoms with Gasteiger partial charge in [-0.15, -0.1) is 0 Å². The number of nitrogens with zero attached hydrogens (tertiary/aromatic N) is 4. The third kappa shape index (κ3) is 5.30. The van der Waals surface area contributed by atoms with Gasteiger partial charge in [0.1, 0.15) is 0 Å². The highest BCUT2D eigenvalue weighted by Crippen LogP contribution is 2.45. The molecule has 0 radical (unpaired) electrons. The fourth-order valence-electron chi connectivity index (χ4n) is 6.63. The van der Waals surface area contributed by atoms with Gasteiger partial charge in [-0.25, -0.2) is 15.0 Å². The van der Waals surface area contributed by atoms with E-state index in [0.717, 1.165) is 53.9 Å². The first-order chi connectivity index (χ1) is 20.8. The maximum atomic E-state index is 4.97. The Bertz CT molecular complexity index is 1670. The highest BCUT2D eigenvalue weighted by Gasteiger charge is 2.35. The molecular formula is C38H36N4. The summed E-state index contributed by atoms with van der Waals surface area (Å²) in [7, 11) is 0. The molecule has 0 amide bonds. The largest absolute Gasteiger partial charge is 0.261 e. The average Bonchev–Trinajstić information content (AvgIpc) is 3.10. The van der Waals surface area contributed by atoms with Gasteiger partial charge in [-0.05, 0) is 55.2 Å². The zero-order chi connectivity index (χ0) is 28.2. The second-order valence-corrected chi connectivity index (χ2v) is 11.6. The van der Waals surface area contributed by atoms with Gasteiger partial charge >= 0.3 is 0 Å². The maximum absolute atomic E-state index is 4.97. The lowest BCUT2D eigenvalue weighted by molar-refractivity contribution is 0.346. The highest BCUT2D eigenvalue weighted by atomic mass is 15.0. The van der Waals surface area contributed by atoms with Crippen molar-refractivity contribution in [1.29, 1.82) is 0 Å². The summed E-state index contributed by atoms with van der Waals surface area (Å²) >= 11 is 0. The SMILES string of the molecule is C1=CC(c2nc(-c3ccccc3)nc(-c3ccc(C4(c5ccc(C6=CCCC=N6)cc5)CCCCC4)cc3)n2)=CCC1. The number of aliphatic imine (C=N–C) groups is 1.